The zero-order valence-corrected chi connectivity index (χ0v) is 15.6. The smallest absolute Gasteiger partial charge is 0.0958 e. The van der Waals surface area contributed by atoms with E-state index >= 15 is 0 Å². The Hall–Kier alpha value is -1.88. The van der Waals surface area contributed by atoms with Crippen LogP contribution in [0, 0.1) is 0 Å². The van der Waals surface area contributed by atoms with E-state index in [-0.39, 0.29) is 0 Å². The molecule has 1 aromatic heterocycles. The topological polar surface area (TPSA) is 41.3 Å². The van der Waals surface area contributed by atoms with Crippen LogP contribution in [0.3, 0.4) is 0 Å². The number of nitrogens with zero attached hydrogens (tertiary/aromatic N) is 3. The number of aromatic nitrogens is 2. The summed E-state index contributed by atoms with van der Waals surface area (Å²) in [4.78, 5) is 6.90. The Balaban J connectivity index is 1.29. The first-order valence-electron chi connectivity index (χ1n) is 9.25. The summed E-state index contributed by atoms with van der Waals surface area (Å²) in [5, 5.41) is 11.7. The largest absolute Gasteiger partial charge is 0.385 e. The molecule has 136 valence electrons. The van der Waals surface area contributed by atoms with Crippen LogP contribution in [0.25, 0.3) is 11.0 Å². The number of hydrogen-bond donors (Lipinski definition) is 1. The summed E-state index contributed by atoms with van der Waals surface area (Å²) in [5.74, 6) is 0. The third-order valence-electron chi connectivity index (χ3n) is 5.47. The number of likely N-dealkylation sites (tertiary alicyclic amines) is 1. The first kappa shape index (κ1) is 17.5. The lowest BCUT2D eigenvalue weighted by Gasteiger charge is -2.38. The Bertz CT molecular complexity index is 866. The lowest BCUT2D eigenvalue weighted by Crippen LogP contribution is -2.43. The molecule has 26 heavy (non-hydrogen) atoms. The van der Waals surface area contributed by atoms with Crippen molar-refractivity contribution in [2.45, 2.75) is 31.4 Å². The molecular formula is C21H24ClN3O. The van der Waals surface area contributed by atoms with Gasteiger partial charge < -0.3 is 14.6 Å². The quantitative estimate of drug-likeness (QED) is 0.737. The van der Waals surface area contributed by atoms with Gasteiger partial charge in [-0.3, -0.25) is 0 Å². The highest BCUT2D eigenvalue weighted by Crippen LogP contribution is 2.33. The molecular weight excluding hydrogens is 346 g/mol. The SMILES string of the molecule is OC1(c2ccc(Cl)cc2)CCN(CCCn2cnc3ccccc32)CC1. The number of piperidine rings is 1. The Kier molecular flexibility index (Phi) is 4.98. The molecule has 0 atom stereocenters. The van der Waals surface area contributed by atoms with Gasteiger partial charge in [0.05, 0.1) is 23.0 Å². The summed E-state index contributed by atoms with van der Waals surface area (Å²) in [5.41, 5.74) is 2.51. The second kappa shape index (κ2) is 7.39. The molecule has 1 aliphatic heterocycles. The van der Waals surface area contributed by atoms with Crippen molar-refractivity contribution in [2.75, 3.05) is 19.6 Å². The van der Waals surface area contributed by atoms with Crippen molar-refractivity contribution in [1.29, 1.82) is 0 Å². The highest BCUT2D eigenvalue weighted by atomic mass is 35.5. The highest BCUT2D eigenvalue weighted by molar-refractivity contribution is 6.30. The van der Waals surface area contributed by atoms with E-state index in [9.17, 15) is 5.11 Å². The maximum atomic E-state index is 11.0. The van der Waals surface area contributed by atoms with Gasteiger partial charge in [0.25, 0.3) is 0 Å². The molecule has 1 saturated heterocycles. The van der Waals surface area contributed by atoms with Crippen LogP contribution in [0.4, 0.5) is 0 Å². The summed E-state index contributed by atoms with van der Waals surface area (Å²) in [7, 11) is 0. The summed E-state index contributed by atoms with van der Waals surface area (Å²) in [6.45, 7) is 3.86. The fourth-order valence-corrected chi connectivity index (χ4v) is 3.97. The molecule has 0 aliphatic carbocycles. The van der Waals surface area contributed by atoms with Crippen molar-refractivity contribution < 1.29 is 5.11 Å². The average Bonchev–Trinajstić information content (AvgIpc) is 3.07. The van der Waals surface area contributed by atoms with Crippen LogP contribution >= 0.6 is 11.6 Å². The zero-order valence-electron chi connectivity index (χ0n) is 14.8. The number of halogens is 1. The van der Waals surface area contributed by atoms with E-state index in [0.29, 0.717) is 5.02 Å². The predicted molar refractivity (Wildman–Crippen MR) is 105 cm³/mol. The van der Waals surface area contributed by atoms with Crippen LogP contribution in [-0.2, 0) is 12.1 Å². The van der Waals surface area contributed by atoms with Crippen LogP contribution in [0.5, 0.6) is 0 Å². The molecule has 1 aliphatic rings. The Morgan fingerprint density at radius 1 is 1.00 bits per heavy atom. The minimum absolute atomic E-state index is 0.710. The van der Waals surface area contributed by atoms with Crippen LogP contribution < -0.4 is 0 Å². The van der Waals surface area contributed by atoms with Crippen LogP contribution in [0.15, 0.2) is 54.9 Å². The molecule has 0 radical (unpaired) electrons. The van der Waals surface area contributed by atoms with E-state index in [0.717, 1.165) is 56.5 Å². The highest BCUT2D eigenvalue weighted by Gasteiger charge is 2.33. The van der Waals surface area contributed by atoms with Gasteiger partial charge in [-0.15, -0.1) is 0 Å². The summed E-state index contributed by atoms with van der Waals surface area (Å²) >= 11 is 5.96. The fraction of sp³-hybridized carbons (Fsp3) is 0.381. The number of aliphatic hydroxyl groups is 1. The number of hydrogen-bond acceptors (Lipinski definition) is 3. The standard InChI is InChI=1S/C21H24ClN3O/c22-18-8-6-17(7-9-18)21(26)10-14-24(15-11-21)12-3-13-25-16-23-19-4-1-2-5-20(19)25/h1-2,4-9,16,26H,3,10-15H2. The number of rotatable bonds is 5. The Labute approximate surface area is 159 Å². The number of para-hydroxylation sites is 2. The maximum Gasteiger partial charge on any atom is 0.0958 e. The van der Waals surface area contributed by atoms with Gasteiger partial charge in [0, 0.05) is 24.7 Å². The normalized spacial score (nSPS) is 17.6. The molecule has 1 N–H and O–H groups in total. The van der Waals surface area contributed by atoms with Crippen molar-refractivity contribution >= 4 is 22.6 Å². The molecule has 3 aromatic rings. The number of benzene rings is 2. The van der Waals surface area contributed by atoms with Gasteiger partial charge in [-0.2, -0.15) is 0 Å². The van der Waals surface area contributed by atoms with E-state index in [1.807, 2.05) is 42.7 Å². The molecule has 0 bridgehead atoms. The van der Waals surface area contributed by atoms with E-state index in [1.54, 1.807) is 0 Å². The van der Waals surface area contributed by atoms with Crippen LogP contribution in [0.2, 0.25) is 5.02 Å². The monoisotopic (exact) mass is 369 g/mol. The third-order valence-corrected chi connectivity index (χ3v) is 5.72. The zero-order chi connectivity index (χ0) is 18.0. The second-order valence-corrected chi connectivity index (χ2v) is 7.60. The van der Waals surface area contributed by atoms with Gasteiger partial charge in [0.2, 0.25) is 0 Å². The molecule has 0 spiro atoms. The van der Waals surface area contributed by atoms with Crippen molar-refractivity contribution in [2.24, 2.45) is 0 Å². The molecule has 4 rings (SSSR count). The summed E-state index contributed by atoms with van der Waals surface area (Å²) in [6.07, 6.45) is 4.55. The van der Waals surface area contributed by atoms with Gasteiger partial charge in [-0.25, -0.2) is 4.98 Å². The maximum absolute atomic E-state index is 11.0. The first-order chi connectivity index (χ1) is 12.6. The minimum atomic E-state index is -0.721. The molecule has 5 heteroatoms. The molecule has 0 unspecified atom stereocenters. The Morgan fingerprint density at radius 2 is 1.73 bits per heavy atom. The third kappa shape index (κ3) is 3.63. The van der Waals surface area contributed by atoms with E-state index < -0.39 is 5.60 Å². The number of aryl methyl sites for hydroxylation is 1. The number of imidazole rings is 1. The fourth-order valence-electron chi connectivity index (χ4n) is 3.85. The molecule has 0 amide bonds. The molecule has 0 saturated carbocycles. The molecule has 1 fully saturated rings. The van der Waals surface area contributed by atoms with Crippen LogP contribution in [0.1, 0.15) is 24.8 Å². The van der Waals surface area contributed by atoms with Crippen LogP contribution in [-0.4, -0.2) is 39.2 Å². The lowest BCUT2D eigenvalue weighted by atomic mass is 9.84. The molecule has 2 aromatic carbocycles. The van der Waals surface area contributed by atoms with Gasteiger partial charge in [-0.1, -0.05) is 35.9 Å². The first-order valence-corrected chi connectivity index (χ1v) is 9.62. The average molecular weight is 370 g/mol. The van der Waals surface area contributed by atoms with Crippen molar-refractivity contribution in [1.82, 2.24) is 14.5 Å². The van der Waals surface area contributed by atoms with Gasteiger partial charge in [-0.05, 0) is 55.6 Å². The number of fused-ring (bicyclic) bond motifs is 1. The van der Waals surface area contributed by atoms with Gasteiger partial charge >= 0.3 is 0 Å². The van der Waals surface area contributed by atoms with E-state index in [4.69, 9.17) is 11.6 Å². The van der Waals surface area contributed by atoms with Crippen molar-refractivity contribution in [3.63, 3.8) is 0 Å². The van der Waals surface area contributed by atoms with Crippen molar-refractivity contribution in [3.05, 3.63) is 65.4 Å². The molecule has 2 heterocycles. The lowest BCUT2D eigenvalue weighted by molar-refractivity contribution is -0.0261. The van der Waals surface area contributed by atoms with Gasteiger partial charge in [0.1, 0.15) is 0 Å². The second-order valence-electron chi connectivity index (χ2n) is 7.16. The van der Waals surface area contributed by atoms with Gasteiger partial charge in [0.15, 0.2) is 0 Å². The predicted octanol–water partition coefficient (Wildman–Crippen LogP) is 4.06. The summed E-state index contributed by atoms with van der Waals surface area (Å²) < 4.78 is 2.23. The van der Waals surface area contributed by atoms with E-state index in [2.05, 4.69) is 26.6 Å². The Morgan fingerprint density at radius 3 is 2.50 bits per heavy atom. The summed E-state index contributed by atoms with van der Waals surface area (Å²) in [6, 6.07) is 15.9. The van der Waals surface area contributed by atoms with E-state index in [1.165, 1.54) is 5.52 Å². The van der Waals surface area contributed by atoms with Crippen molar-refractivity contribution in [3.8, 4) is 0 Å². The molecule has 4 nitrogen and oxygen atoms in total. The minimum Gasteiger partial charge on any atom is -0.385 e.